The molecule has 1 atom stereocenters. The maximum absolute atomic E-state index is 11.4. The van der Waals surface area contributed by atoms with Crippen molar-refractivity contribution < 1.29 is 13.2 Å². The molecule has 11 heavy (non-hydrogen) atoms. The van der Waals surface area contributed by atoms with E-state index >= 15 is 0 Å². The van der Waals surface area contributed by atoms with E-state index in [0.717, 1.165) is 0 Å². The van der Waals surface area contributed by atoms with Gasteiger partial charge in [-0.1, -0.05) is 0 Å². The van der Waals surface area contributed by atoms with Crippen molar-refractivity contribution in [3.05, 3.63) is 0 Å². The SMILES string of the molecule is CN(C)S(=O)(=O)[C@@H]1CCOC1. The summed E-state index contributed by atoms with van der Waals surface area (Å²) in [4.78, 5) is 0. The molecule has 1 rings (SSSR count). The maximum atomic E-state index is 11.4. The first-order chi connectivity index (χ1) is 5.05. The number of rotatable bonds is 2. The molecule has 1 heterocycles. The Morgan fingerprint density at radius 2 is 2.09 bits per heavy atom. The van der Waals surface area contributed by atoms with Gasteiger partial charge in [0.2, 0.25) is 10.0 Å². The summed E-state index contributed by atoms with van der Waals surface area (Å²) in [7, 11) is 0.0302. The highest BCUT2D eigenvalue weighted by molar-refractivity contribution is 7.89. The van der Waals surface area contributed by atoms with Crippen molar-refractivity contribution in [2.24, 2.45) is 0 Å². The molecule has 0 N–H and O–H groups in total. The lowest BCUT2D eigenvalue weighted by atomic mass is 10.4. The lowest BCUT2D eigenvalue weighted by Crippen LogP contribution is -2.33. The van der Waals surface area contributed by atoms with E-state index in [9.17, 15) is 8.42 Å². The second-order valence-electron chi connectivity index (χ2n) is 2.81. The molecule has 0 aromatic rings. The lowest BCUT2D eigenvalue weighted by Gasteiger charge is -2.15. The Morgan fingerprint density at radius 1 is 1.45 bits per heavy atom. The van der Waals surface area contributed by atoms with E-state index in [1.807, 2.05) is 0 Å². The van der Waals surface area contributed by atoms with Crippen LogP contribution in [0.25, 0.3) is 0 Å². The Labute approximate surface area is 67.2 Å². The Hall–Kier alpha value is -0.130. The van der Waals surface area contributed by atoms with Gasteiger partial charge < -0.3 is 4.74 Å². The number of ether oxygens (including phenoxy) is 1. The van der Waals surface area contributed by atoms with Gasteiger partial charge in [-0.2, -0.15) is 0 Å². The van der Waals surface area contributed by atoms with Gasteiger partial charge >= 0.3 is 0 Å². The van der Waals surface area contributed by atoms with Gasteiger partial charge in [-0.25, -0.2) is 12.7 Å². The zero-order valence-electron chi connectivity index (χ0n) is 6.78. The van der Waals surface area contributed by atoms with Crippen LogP contribution in [0.1, 0.15) is 6.42 Å². The summed E-state index contributed by atoms with van der Waals surface area (Å²) in [5.74, 6) is 0. The minimum Gasteiger partial charge on any atom is -0.380 e. The van der Waals surface area contributed by atoms with Gasteiger partial charge in [0, 0.05) is 20.7 Å². The Kier molecular flexibility index (Phi) is 2.51. The van der Waals surface area contributed by atoms with E-state index < -0.39 is 10.0 Å². The zero-order valence-corrected chi connectivity index (χ0v) is 7.60. The molecule has 5 heteroatoms. The van der Waals surface area contributed by atoms with Crippen molar-refractivity contribution in [2.75, 3.05) is 27.3 Å². The molecule has 1 aliphatic rings. The molecule has 0 unspecified atom stereocenters. The monoisotopic (exact) mass is 179 g/mol. The second-order valence-corrected chi connectivity index (χ2v) is 5.24. The van der Waals surface area contributed by atoms with E-state index in [1.165, 1.54) is 4.31 Å². The first-order valence-electron chi connectivity index (χ1n) is 3.54. The predicted octanol–water partition coefficient (Wildman–Crippen LogP) is -0.333. The fraction of sp³-hybridized carbons (Fsp3) is 1.00. The van der Waals surface area contributed by atoms with E-state index in [1.54, 1.807) is 14.1 Å². The highest BCUT2D eigenvalue weighted by atomic mass is 32.2. The van der Waals surface area contributed by atoms with Crippen LogP contribution in [0.5, 0.6) is 0 Å². The minimum atomic E-state index is -3.07. The third kappa shape index (κ3) is 1.72. The zero-order chi connectivity index (χ0) is 8.48. The predicted molar refractivity (Wildman–Crippen MR) is 41.8 cm³/mol. The van der Waals surface area contributed by atoms with Crippen LogP contribution >= 0.6 is 0 Å². The summed E-state index contributed by atoms with van der Waals surface area (Å²) in [6, 6.07) is 0. The van der Waals surface area contributed by atoms with Crippen molar-refractivity contribution in [1.29, 1.82) is 0 Å². The molecule has 0 radical (unpaired) electrons. The first-order valence-corrected chi connectivity index (χ1v) is 5.04. The average molecular weight is 179 g/mol. The van der Waals surface area contributed by atoms with E-state index in [0.29, 0.717) is 19.6 Å². The standard InChI is InChI=1S/C6H13NO3S/c1-7(2)11(8,9)6-3-4-10-5-6/h6H,3-5H2,1-2H3/t6-/m1/s1. The molecule has 0 aromatic heterocycles. The molecule has 66 valence electrons. The number of sulfonamides is 1. The van der Waals surface area contributed by atoms with Gasteiger partial charge in [-0.15, -0.1) is 0 Å². The normalized spacial score (nSPS) is 26.3. The fourth-order valence-electron chi connectivity index (χ4n) is 1.05. The second kappa shape index (κ2) is 3.08. The van der Waals surface area contributed by atoms with E-state index in [2.05, 4.69) is 0 Å². The van der Waals surface area contributed by atoms with Crippen LogP contribution in [-0.2, 0) is 14.8 Å². The average Bonchev–Trinajstić information content (AvgIpc) is 2.37. The molecule has 0 amide bonds. The molecule has 4 nitrogen and oxygen atoms in total. The van der Waals surface area contributed by atoms with Crippen molar-refractivity contribution >= 4 is 10.0 Å². The van der Waals surface area contributed by atoms with Crippen LogP contribution in [0.4, 0.5) is 0 Å². The number of hydrogen-bond donors (Lipinski definition) is 0. The summed E-state index contributed by atoms with van der Waals surface area (Å²) >= 11 is 0. The minimum absolute atomic E-state index is 0.322. The molecular formula is C6H13NO3S. The van der Waals surface area contributed by atoms with Crippen LogP contribution in [0, 0.1) is 0 Å². The number of nitrogens with zero attached hydrogens (tertiary/aromatic N) is 1. The molecule has 1 fully saturated rings. The molecule has 0 aromatic carbocycles. The Bertz CT molecular complexity index is 216. The topological polar surface area (TPSA) is 46.6 Å². The smallest absolute Gasteiger partial charge is 0.218 e. The molecule has 0 aliphatic carbocycles. The maximum Gasteiger partial charge on any atom is 0.218 e. The van der Waals surface area contributed by atoms with Gasteiger partial charge in [0.15, 0.2) is 0 Å². The van der Waals surface area contributed by atoms with Crippen molar-refractivity contribution in [1.82, 2.24) is 4.31 Å². The van der Waals surface area contributed by atoms with E-state index in [-0.39, 0.29) is 5.25 Å². The van der Waals surface area contributed by atoms with Crippen molar-refractivity contribution in [3.8, 4) is 0 Å². The van der Waals surface area contributed by atoms with Crippen molar-refractivity contribution in [3.63, 3.8) is 0 Å². The molecular weight excluding hydrogens is 166 g/mol. The van der Waals surface area contributed by atoms with Crippen LogP contribution in [0.2, 0.25) is 0 Å². The molecule has 0 spiro atoms. The quantitative estimate of drug-likeness (QED) is 0.583. The van der Waals surface area contributed by atoms with Gasteiger partial charge in [0.05, 0.1) is 6.61 Å². The van der Waals surface area contributed by atoms with Crippen LogP contribution < -0.4 is 0 Å². The molecule has 0 saturated carbocycles. The van der Waals surface area contributed by atoms with E-state index in [4.69, 9.17) is 4.74 Å². The summed E-state index contributed by atoms with van der Waals surface area (Å²) in [6.45, 7) is 0.915. The summed E-state index contributed by atoms with van der Waals surface area (Å²) < 4.78 is 29.0. The molecule has 1 saturated heterocycles. The Balaban J connectivity index is 2.72. The molecule has 0 bridgehead atoms. The Morgan fingerprint density at radius 3 is 2.45 bits per heavy atom. The van der Waals surface area contributed by atoms with Crippen LogP contribution in [0.3, 0.4) is 0 Å². The van der Waals surface area contributed by atoms with Gasteiger partial charge in [0.25, 0.3) is 0 Å². The largest absolute Gasteiger partial charge is 0.380 e. The first kappa shape index (κ1) is 8.96. The van der Waals surface area contributed by atoms with Gasteiger partial charge in [-0.05, 0) is 6.42 Å². The fourth-order valence-corrected chi connectivity index (χ4v) is 2.30. The van der Waals surface area contributed by atoms with Gasteiger partial charge in [-0.3, -0.25) is 0 Å². The third-order valence-electron chi connectivity index (χ3n) is 1.82. The van der Waals surface area contributed by atoms with Crippen LogP contribution in [-0.4, -0.2) is 45.3 Å². The van der Waals surface area contributed by atoms with Crippen LogP contribution in [0.15, 0.2) is 0 Å². The highest BCUT2D eigenvalue weighted by Gasteiger charge is 2.30. The van der Waals surface area contributed by atoms with Gasteiger partial charge in [0.1, 0.15) is 5.25 Å². The van der Waals surface area contributed by atoms with Crippen molar-refractivity contribution in [2.45, 2.75) is 11.7 Å². The third-order valence-corrected chi connectivity index (χ3v) is 4.05. The summed E-state index contributed by atoms with van der Waals surface area (Å²) in [5, 5.41) is -0.322. The lowest BCUT2D eigenvalue weighted by molar-refractivity contribution is 0.198. The highest BCUT2D eigenvalue weighted by Crippen LogP contribution is 2.15. The summed E-state index contributed by atoms with van der Waals surface area (Å²) in [5.41, 5.74) is 0. The number of hydrogen-bond acceptors (Lipinski definition) is 3. The molecule has 1 aliphatic heterocycles. The summed E-state index contributed by atoms with van der Waals surface area (Å²) in [6.07, 6.45) is 0.626.